The Labute approximate surface area is 520 Å². The summed E-state index contributed by atoms with van der Waals surface area (Å²) in [7, 11) is 0. The van der Waals surface area contributed by atoms with E-state index in [4.69, 9.17) is 39.4 Å². The molecule has 0 heterocycles. The topological polar surface area (TPSA) is 591 Å². The van der Waals surface area contributed by atoms with Gasteiger partial charge in [-0.05, 0) is 55.4 Å². The number of carboxylic acid groups (broad SMARTS) is 4. The molecule has 0 aliphatic rings. The Balaban J connectivity index is 1.90. The van der Waals surface area contributed by atoms with E-state index in [0.717, 1.165) is 48.5 Å². The fraction of sp³-hybridized carbons (Fsp3) is 0.321. The van der Waals surface area contributed by atoms with E-state index in [1.54, 1.807) is 0 Å². The monoisotopic (exact) mass is 1310 g/mol. The highest BCUT2D eigenvalue weighted by Crippen LogP contribution is 2.37. The average molecular weight is 1310 g/mol. The van der Waals surface area contributed by atoms with Gasteiger partial charge in [-0.1, -0.05) is 48.5 Å². The maximum absolute atomic E-state index is 14.3. The minimum atomic E-state index is -2.25. The van der Waals surface area contributed by atoms with Gasteiger partial charge in [0.25, 0.3) is 46.4 Å². The molecule has 4 aromatic carbocycles. The summed E-state index contributed by atoms with van der Waals surface area (Å²) in [5, 5.41) is 102. The number of alkyl carbamates (subject to hydrolysis) is 4. The van der Waals surface area contributed by atoms with E-state index < -0.39 is 244 Å². The van der Waals surface area contributed by atoms with Crippen LogP contribution in [0.25, 0.3) is 0 Å². The standard InChI is InChI=1S/C53H56N12O28/c66-37(67)25-58-49(78)90-41(29-9-1-5-13-33(29)62(82)83)45(74)54-21-17-53(18-22-55-46(75)42(91-50(79)59-26-38(68)69)30-10-2-6-14-34(30)63(84)85,19-23-56-47(76)43(92-51(80)60-27-39(70)71)31-11-3-7-15-35(31)64(86)87)20-24-57-48(77)44(93-52(81)61-28-40(72)73)32-12-4-8-16-36(32)65(88)89/h1-16,41-44H,17-28H2,(H,54,74)(H,55,75)(H,56,76)(H,57,77)(H,58,78)(H,59,79)(H,60,80)(H,61,81)(H,66,67)(H,68,69)(H,70,71)(H,72,73). The van der Waals surface area contributed by atoms with Crippen LogP contribution >= 0.6 is 0 Å². The smallest absolute Gasteiger partial charge is 0.408 e. The summed E-state index contributed by atoms with van der Waals surface area (Å²) in [6, 6.07) is 17.3. The SMILES string of the molecule is O=C(O)CNC(=O)OC(C(=O)NCCC(CCNC(=O)C(OC(=O)NCC(=O)O)c1ccccc1[N+](=O)[O-])(CCNC(=O)C(OC(=O)NCC(=O)O)c1ccccc1[N+](=O)[O-])CCNC(=O)C(OC(=O)NCC(=O)O)c1ccccc1[N+](=O)[O-])c1ccccc1[N+](=O)[O-]. The number of nitro groups is 4. The molecule has 93 heavy (non-hydrogen) atoms. The van der Waals surface area contributed by atoms with Crippen molar-refractivity contribution in [2.75, 3.05) is 52.4 Å². The molecular weight excluding hydrogens is 1250 g/mol. The molecule has 0 radical (unpaired) electrons. The molecule has 4 unspecified atom stereocenters. The molecule has 40 nitrogen and oxygen atoms in total. The molecule has 0 aromatic heterocycles. The van der Waals surface area contributed by atoms with Crippen LogP contribution in [0.4, 0.5) is 41.9 Å². The van der Waals surface area contributed by atoms with Gasteiger partial charge in [0.2, 0.25) is 24.4 Å². The van der Waals surface area contributed by atoms with Crippen molar-refractivity contribution in [3.63, 3.8) is 0 Å². The zero-order valence-electron chi connectivity index (χ0n) is 47.9. The third kappa shape index (κ3) is 23.1. The predicted octanol–water partition coefficient (Wildman–Crippen LogP) is 1.84. The molecule has 8 amide bonds. The zero-order valence-corrected chi connectivity index (χ0v) is 47.9. The largest absolute Gasteiger partial charge is 0.480 e. The number of rotatable bonds is 36. The van der Waals surface area contributed by atoms with Gasteiger partial charge in [0.15, 0.2) is 0 Å². The van der Waals surface area contributed by atoms with E-state index in [9.17, 15) is 98.0 Å². The lowest BCUT2D eigenvalue weighted by Gasteiger charge is -2.35. The molecule has 40 heteroatoms. The van der Waals surface area contributed by atoms with Crippen LogP contribution < -0.4 is 42.5 Å². The Hall–Kier alpha value is -12.7. The lowest BCUT2D eigenvalue weighted by atomic mass is 9.75. The molecule has 0 aliphatic heterocycles. The van der Waals surface area contributed by atoms with Gasteiger partial charge in [-0.2, -0.15) is 0 Å². The fourth-order valence-electron chi connectivity index (χ4n) is 8.65. The van der Waals surface area contributed by atoms with E-state index >= 15 is 0 Å². The van der Waals surface area contributed by atoms with Crippen molar-refractivity contribution in [2.24, 2.45) is 5.41 Å². The van der Waals surface area contributed by atoms with Crippen LogP contribution in [0.3, 0.4) is 0 Å². The van der Waals surface area contributed by atoms with Crippen LogP contribution in [-0.4, -0.2) is 164 Å². The van der Waals surface area contributed by atoms with Crippen molar-refractivity contribution in [1.82, 2.24) is 42.5 Å². The third-order valence-electron chi connectivity index (χ3n) is 12.9. The number of carbonyl (C=O) groups excluding carboxylic acids is 8. The Morgan fingerprint density at radius 3 is 0.688 bits per heavy atom. The zero-order chi connectivity index (χ0) is 69.0. The van der Waals surface area contributed by atoms with Crippen molar-refractivity contribution < 1.29 is 117 Å². The lowest BCUT2D eigenvalue weighted by molar-refractivity contribution is -0.386. The number of carboxylic acids is 4. The minimum absolute atomic E-state index is 0.500. The van der Waals surface area contributed by atoms with Crippen molar-refractivity contribution >= 4 is 94.6 Å². The molecule has 4 rings (SSSR count). The molecule has 0 bridgehead atoms. The van der Waals surface area contributed by atoms with Crippen LogP contribution in [-0.2, 0) is 57.3 Å². The lowest BCUT2D eigenvalue weighted by Crippen LogP contribution is -2.43. The molecule has 4 aromatic rings. The molecule has 496 valence electrons. The number of amides is 8. The number of nitrogens with zero attached hydrogens (tertiary/aromatic N) is 4. The molecule has 0 saturated carbocycles. The summed E-state index contributed by atoms with van der Waals surface area (Å²) in [5.74, 6) is -11.7. The molecule has 0 fully saturated rings. The van der Waals surface area contributed by atoms with Crippen molar-refractivity contribution in [1.29, 1.82) is 0 Å². The summed E-state index contributed by atoms with van der Waals surface area (Å²) in [6.07, 6.45) is -17.3. The second kappa shape index (κ2) is 35.3. The van der Waals surface area contributed by atoms with Gasteiger partial charge in [-0.25, -0.2) is 19.2 Å². The van der Waals surface area contributed by atoms with Gasteiger partial charge in [0.05, 0.1) is 41.9 Å². The fourth-order valence-corrected chi connectivity index (χ4v) is 8.65. The number of nitro benzene ring substituents is 4. The maximum atomic E-state index is 14.3. The molecule has 0 spiro atoms. The Morgan fingerprint density at radius 2 is 0.516 bits per heavy atom. The molecule has 12 N–H and O–H groups in total. The first-order valence-corrected chi connectivity index (χ1v) is 26.7. The third-order valence-corrected chi connectivity index (χ3v) is 12.9. The van der Waals surface area contributed by atoms with E-state index in [-0.39, 0.29) is 0 Å². The first-order chi connectivity index (χ1) is 44.0. The Kier molecular flexibility index (Phi) is 27.7. The summed E-state index contributed by atoms with van der Waals surface area (Å²) >= 11 is 0. The highest BCUT2D eigenvalue weighted by molar-refractivity contribution is 5.89. The first kappa shape index (κ1) is 72.8. The van der Waals surface area contributed by atoms with Crippen molar-refractivity contribution in [3.05, 3.63) is 160 Å². The molecular formula is C53H56N12O28. The van der Waals surface area contributed by atoms with E-state index in [1.807, 2.05) is 21.3 Å². The number of carbonyl (C=O) groups is 12. The normalized spacial score (nSPS) is 12.5. The number of ether oxygens (including phenoxy) is 4. The first-order valence-electron chi connectivity index (χ1n) is 26.7. The second-order valence-corrected chi connectivity index (χ2v) is 19.1. The number of hydrogen-bond donors (Lipinski definition) is 12. The predicted molar refractivity (Wildman–Crippen MR) is 305 cm³/mol. The van der Waals surface area contributed by atoms with Crippen LogP contribution in [0.15, 0.2) is 97.1 Å². The van der Waals surface area contributed by atoms with Gasteiger partial charge in [0, 0.05) is 50.4 Å². The van der Waals surface area contributed by atoms with Gasteiger partial charge >= 0.3 is 48.3 Å². The van der Waals surface area contributed by atoms with Crippen LogP contribution in [0.2, 0.25) is 0 Å². The quantitative estimate of drug-likeness (QED) is 0.0176. The van der Waals surface area contributed by atoms with Crippen LogP contribution in [0.1, 0.15) is 72.4 Å². The van der Waals surface area contributed by atoms with Gasteiger partial charge in [-0.3, -0.25) is 78.8 Å². The molecule has 0 saturated heterocycles. The number of aliphatic carboxylic acids is 4. The van der Waals surface area contributed by atoms with Crippen molar-refractivity contribution in [2.45, 2.75) is 50.1 Å². The van der Waals surface area contributed by atoms with Crippen molar-refractivity contribution in [3.8, 4) is 0 Å². The van der Waals surface area contributed by atoms with Crippen LogP contribution in [0, 0.1) is 45.9 Å². The molecule has 4 atom stereocenters. The number of benzene rings is 4. The number of para-hydroxylation sites is 4. The Morgan fingerprint density at radius 1 is 0.333 bits per heavy atom. The average Bonchev–Trinajstić information content (AvgIpc) is 1.75. The second-order valence-electron chi connectivity index (χ2n) is 19.1. The van der Waals surface area contributed by atoms with Gasteiger partial charge < -0.3 is 81.9 Å². The maximum Gasteiger partial charge on any atom is 0.408 e. The van der Waals surface area contributed by atoms with Gasteiger partial charge in [-0.15, -0.1) is 0 Å². The number of hydrogen-bond acceptors (Lipinski definition) is 24. The highest BCUT2D eigenvalue weighted by Gasteiger charge is 2.39. The highest BCUT2D eigenvalue weighted by atomic mass is 16.6. The minimum Gasteiger partial charge on any atom is -0.480 e. The van der Waals surface area contributed by atoms with E-state index in [1.165, 1.54) is 48.5 Å². The Bertz CT molecular complexity index is 3060. The van der Waals surface area contributed by atoms with E-state index in [0.29, 0.717) is 0 Å². The molecule has 0 aliphatic carbocycles. The summed E-state index contributed by atoms with van der Waals surface area (Å²) in [5.41, 5.74) is -7.09. The summed E-state index contributed by atoms with van der Waals surface area (Å²) < 4.78 is 20.8. The van der Waals surface area contributed by atoms with Gasteiger partial charge in [0.1, 0.15) is 26.2 Å². The van der Waals surface area contributed by atoms with Crippen LogP contribution in [0.5, 0.6) is 0 Å². The summed E-state index contributed by atoms with van der Waals surface area (Å²) in [4.78, 5) is 199. The number of nitrogens with one attached hydrogen (secondary N) is 8. The summed E-state index contributed by atoms with van der Waals surface area (Å²) in [6.45, 7) is -6.95. The van der Waals surface area contributed by atoms with E-state index in [2.05, 4.69) is 21.3 Å².